The first kappa shape index (κ1) is 22.5. The highest BCUT2D eigenvalue weighted by molar-refractivity contribution is 7.22. The van der Waals surface area contributed by atoms with Gasteiger partial charge in [-0.2, -0.15) is 0 Å². The average molecular weight is 449 g/mol. The lowest BCUT2D eigenvalue weighted by Crippen LogP contribution is -2.38. The van der Waals surface area contributed by atoms with Crippen molar-refractivity contribution in [1.29, 1.82) is 0 Å². The number of aromatic nitrogens is 1. The van der Waals surface area contributed by atoms with Crippen LogP contribution in [0.1, 0.15) is 24.4 Å². The van der Waals surface area contributed by atoms with Crippen molar-refractivity contribution in [3.8, 4) is 11.5 Å². The molecule has 0 N–H and O–H groups in total. The van der Waals surface area contributed by atoms with Crippen molar-refractivity contribution >= 4 is 38.5 Å². The van der Waals surface area contributed by atoms with Gasteiger partial charge in [0.15, 0.2) is 10.9 Å². The van der Waals surface area contributed by atoms with Crippen molar-refractivity contribution in [2.75, 3.05) is 45.3 Å². The normalized spacial score (nSPS) is 11.1. The molecule has 3 aromatic rings. The zero-order valence-electron chi connectivity index (χ0n) is 17.8. The van der Waals surface area contributed by atoms with Gasteiger partial charge in [0.1, 0.15) is 26.6 Å². The number of likely N-dealkylation sites (N-methyl/N-ethyl adjacent to an activating group) is 1. The SMILES string of the molecule is CCN(CC)CCN(C(=O)c1ccc([N+](=O)[O-])o1)c1nc2c(OC)ccc(OC)c2s1. The van der Waals surface area contributed by atoms with Crippen LogP contribution >= 0.6 is 11.3 Å². The third-order valence-electron chi connectivity index (χ3n) is 4.89. The summed E-state index contributed by atoms with van der Waals surface area (Å²) in [4.78, 5) is 31.8. The summed E-state index contributed by atoms with van der Waals surface area (Å²) >= 11 is 1.28. The predicted octanol–water partition coefficient (Wildman–Crippen LogP) is 3.80. The largest absolute Gasteiger partial charge is 0.495 e. The summed E-state index contributed by atoms with van der Waals surface area (Å²) in [5, 5.41) is 11.4. The number of carbonyl (C=O) groups is 1. The van der Waals surface area contributed by atoms with Crippen molar-refractivity contribution < 1.29 is 23.6 Å². The topological polar surface area (TPSA) is 111 Å². The summed E-state index contributed by atoms with van der Waals surface area (Å²) in [6.45, 7) is 6.67. The van der Waals surface area contributed by atoms with E-state index in [1.54, 1.807) is 26.4 Å². The van der Waals surface area contributed by atoms with E-state index < -0.39 is 16.7 Å². The standard InChI is InChI=1S/C20H24N4O6S/c1-5-22(6-2)11-12-23(19(25)15-9-10-16(30-15)24(26)27)20-21-17-13(28-3)7-8-14(29-4)18(17)31-20/h7-10H,5-6,11-12H2,1-4H3. The maximum Gasteiger partial charge on any atom is 0.433 e. The van der Waals surface area contributed by atoms with Crippen LogP contribution in [0.4, 0.5) is 11.0 Å². The molecule has 0 aliphatic rings. The second-order valence-corrected chi connectivity index (χ2v) is 7.50. The van der Waals surface area contributed by atoms with E-state index in [1.165, 1.54) is 28.4 Å². The number of anilines is 1. The molecule has 0 radical (unpaired) electrons. The third kappa shape index (κ3) is 4.62. The molecule has 1 aromatic carbocycles. The van der Waals surface area contributed by atoms with Crippen LogP contribution in [0.3, 0.4) is 0 Å². The highest BCUT2D eigenvalue weighted by Gasteiger charge is 2.27. The zero-order chi connectivity index (χ0) is 22.5. The molecule has 0 fully saturated rings. The number of fused-ring (bicyclic) bond motifs is 1. The highest BCUT2D eigenvalue weighted by atomic mass is 32.1. The van der Waals surface area contributed by atoms with E-state index in [0.29, 0.717) is 35.2 Å². The molecule has 0 atom stereocenters. The van der Waals surface area contributed by atoms with E-state index >= 15 is 0 Å². The summed E-state index contributed by atoms with van der Waals surface area (Å²) in [6.07, 6.45) is 0. The van der Waals surface area contributed by atoms with Crippen molar-refractivity contribution in [3.63, 3.8) is 0 Å². The summed E-state index contributed by atoms with van der Waals surface area (Å²) in [5.74, 6) is 0.0637. The lowest BCUT2D eigenvalue weighted by atomic mass is 10.3. The monoisotopic (exact) mass is 448 g/mol. The zero-order valence-corrected chi connectivity index (χ0v) is 18.6. The quantitative estimate of drug-likeness (QED) is 0.340. The third-order valence-corrected chi connectivity index (χ3v) is 5.98. The highest BCUT2D eigenvalue weighted by Crippen LogP contribution is 2.40. The Morgan fingerprint density at radius 2 is 1.81 bits per heavy atom. The van der Waals surface area contributed by atoms with Crippen LogP contribution in [-0.2, 0) is 0 Å². The number of ether oxygens (including phenoxy) is 2. The molecule has 2 heterocycles. The van der Waals surface area contributed by atoms with Gasteiger partial charge < -0.3 is 18.8 Å². The molecule has 11 heteroatoms. The van der Waals surface area contributed by atoms with Gasteiger partial charge in [-0.1, -0.05) is 25.2 Å². The fourth-order valence-corrected chi connectivity index (χ4v) is 4.23. The van der Waals surface area contributed by atoms with Gasteiger partial charge in [-0.15, -0.1) is 0 Å². The second kappa shape index (κ2) is 9.75. The number of amides is 1. The molecule has 10 nitrogen and oxygen atoms in total. The van der Waals surface area contributed by atoms with E-state index in [1.807, 2.05) is 13.8 Å². The van der Waals surface area contributed by atoms with Crippen LogP contribution < -0.4 is 14.4 Å². The fourth-order valence-electron chi connectivity index (χ4n) is 3.13. The lowest BCUT2D eigenvalue weighted by Gasteiger charge is -2.23. The Hall–Kier alpha value is -3.18. The average Bonchev–Trinajstić information content (AvgIpc) is 3.43. The first-order chi connectivity index (χ1) is 14.9. The summed E-state index contributed by atoms with van der Waals surface area (Å²) in [6, 6.07) is 6.00. The Bertz CT molecular complexity index is 1030. The Morgan fingerprint density at radius 3 is 2.39 bits per heavy atom. The molecule has 2 aromatic heterocycles. The first-order valence-electron chi connectivity index (χ1n) is 9.73. The maximum atomic E-state index is 13.3. The Labute approximate surface area is 183 Å². The van der Waals surface area contributed by atoms with Gasteiger partial charge in [0.05, 0.1) is 20.3 Å². The number of methoxy groups -OCH3 is 2. The van der Waals surface area contributed by atoms with Crippen molar-refractivity contribution in [1.82, 2.24) is 9.88 Å². The van der Waals surface area contributed by atoms with Crippen molar-refractivity contribution in [3.05, 3.63) is 40.1 Å². The van der Waals surface area contributed by atoms with Crippen LogP contribution in [-0.4, -0.2) is 61.1 Å². The molecule has 0 aliphatic carbocycles. The van der Waals surface area contributed by atoms with Crippen LogP contribution in [0.15, 0.2) is 28.7 Å². The van der Waals surface area contributed by atoms with Crippen molar-refractivity contribution in [2.45, 2.75) is 13.8 Å². The number of nitrogens with zero attached hydrogens (tertiary/aromatic N) is 4. The lowest BCUT2D eigenvalue weighted by molar-refractivity contribution is -0.402. The molecule has 0 spiro atoms. The minimum atomic E-state index is -0.676. The molecular formula is C20H24N4O6S. The van der Waals surface area contributed by atoms with Gasteiger partial charge >= 0.3 is 5.88 Å². The predicted molar refractivity (Wildman–Crippen MR) is 118 cm³/mol. The molecule has 0 unspecified atom stereocenters. The molecule has 0 saturated heterocycles. The van der Waals surface area contributed by atoms with E-state index in [4.69, 9.17) is 13.9 Å². The molecule has 0 aliphatic heterocycles. The van der Waals surface area contributed by atoms with E-state index in [-0.39, 0.29) is 5.76 Å². The maximum absolute atomic E-state index is 13.3. The Balaban J connectivity index is 2.04. The first-order valence-corrected chi connectivity index (χ1v) is 10.5. The Kier molecular flexibility index (Phi) is 7.08. The van der Waals surface area contributed by atoms with Crippen LogP contribution in [0.5, 0.6) is 11.5 Å². The molecule has 0 bridgehead atoms. The Morgan fingerprint density at radius 1 is 1.13 bits per heavy atom. The summed E-state index contributed by atoms with van der Waals surface area (Å²) in [7, 11) is 3.11. The van der Waals surface area contributed by atoms with Gasteiger partial charge in [-0.25, -0.2) is 4.98 Å². The van der Waals surface area contributed by atoms with Crippen LogP contribution in [0.2, 0.25) is 0 Å². The number of thiazole rings is 1. The van der Waals surface area contributed by atoms with Gasteiger partial charge in [-0.05, 0) is 31.3 Å². The molecule has 3 rings (SSSR count). The summed E-state index contributed by atoms with van der Waals surface area (Å²) < 4.78 is 16.7. The molecule has 1 amide bonds. The minimum absolute atomic E-state index is 0.121. The molecule has 166 valence electrons. The number of hydrogen-bond acceptors (Lipinski definition) is 9. The molecule has 31 heavy (non-hydrogen) atoms. The van der Waals surface area contributed by atoms with Crippen LogP contribution in [0.25, 0.3) is 10.2 Å². The second-order valence-electron chi connectivity index (χ2n) is 6.52. The van der Waals surface area contributed by atoms with E-state index in [2.05, 4.69) is 9.88 Å². The van der Waals surface area contributed by atoms with Crippen molar-refractivity contribution in [2.24, 2.45) is 0 Å². The van der Waals surface area contributed by atoms with Gasteiger partial charge in [0.25, 0.3) is 5.91 Å². The number of hydrogen-bond donors (Lipinski definition) is 0. The van der Waals surface area contributed by atoms with E-state index in [0.717, 1.165) is 17.8 Å². The van der Waals surface area contributed by atoms with Gasteiger partial charge in [0.2, 0.25) is 0 Å². The number of nitro groups is 1. The fraction of sp³-hybridized carbons (Fsp3) is 0.400. The van der Waals surface area contributed by atoms with Crippen LogP contribution in [0, 0.1) is 10.1 Å². The number of rotatable bonds is 10. The summed E-state index contributed by atoms with van der Waals surface area (Å²) in [5.41, 5.74) is 0.577. The number of benzene rings is 1. The smallest absolute Gasteiger partial charge is 0.433 e. The number of carbonyl (C=O) groups excluding carboxylic acids is 1. The van der Waals surface area contributed by atoms with E-state index in [9.17, 15) is 14.9 Å². The molecular weight excluding hydrogens is 424 g/mol. The molecule has 0 saturated carbocycles. The minimum Gasteiger partial charge on any atom is -0.495 e. The number of furan rings is 1. The van der Waals surface area contributed by atoms with Gasteiger partial charge in [-0.3, -0.25) is 19.8 Å². The van der Waals surface area contributed by atoms with Gasteiger partial charge in [0, 0.05) is 13.1 Å².